The minimum absolute atomic E-state index is 0.211. The van der Waals surface area contributed by atoms with Gasteiger partial charge >= 0.3 is 12.0 Å². The molecule has 6 N–H and O–H groups in total. The smallest absolute Gasteiger partial charge is 0.408 e. The first kappa shape index (κ1) is 25.0. The molecule has 0 bridgehead atoms. The summed E-state index contributed by atoms with van der Waals surface area (Å²) in [5, 5.41) is 2.60. The molecular formula is C24H33N4O4+. The Morgan fingerprint density at radius 1 is 0.969 bits per heavy atom. The van der Waals surface area contributed by atoms with Crippen LogP contribution in [0.25, 0.3) is 0 Å². The third-order valence-electron chi connectivity index (χ3n) is 4.58. The molecule has 0 aromatic heterocycles. The van der Waals surface area contributed by atoms with Crippen molar-refractivity contribution in [1.82, 2.24) is 10.7 Å². The van der Waals surface area contributed by atoms with Crippen LogP contribution < -0.4 is 21.9 Å². The zero-order valence-electron chi connectivity index (χ0n) is 18.9. The molecule has 1 atom stereocenters. The number of hydrogen-bond donors (Lipinski definition) is 4. The van der Waals surface area contributed by atoms with Crippen LogP contribution >= 0.6 is 0 Å². The summed E-state index contributed by atoms with van der Waals surface area (Å²) in [4.78, 5) is 37.2. The lowest BCUT2D eigenvalue weighted by Crippen LogP contribution is -2.98. The Bertz CT molecular complexity index is 892. The van der Waals surface area contributed by atoms with E-state index in [9.17, 15) is 14.4 Å². The zero-order chi connectivity index (χ0) is 23.6. The number of alkyl carbamates (subject to hydrolysis) is 1. The molecule has 8 nitrogen and oxygen atoms in total. The summed E-state index contributed by atoms with van der Waals surface area (Å²) in [6.07, 6.45) is 0.382. The lowest BCUT2D eigenvalue weighted by Gasteiger charge is -2.23. The zero-order valence-corrected chi connectivity index (χ0v) is 18.9. The summed E-state index contributed by atoms with van der Waals surface area (Å²) in [5.41, 5.74) is 11.5. The van der Waals surface area contributed by atoms with Gasteiger partial charge in [-0.05, 0) is 43.9 Å². The number of benzene rings is 2. The van der Waals surface area contributed by atoms with Crippen LogP contribution in [0.4, 0.5) is 4.79 Å². The van der Waals surface area contributed by atoms with E-state index in [-0.39, 0.29) is 18.7 Å². The lowest BCUT2D eigenvalue weighted by atomic mass is 10.1. The molecule has 0 spiro atoms. The van der Waals surface area contributed by atoms with Crippen LogP contribution in [0.5, 0.6) is 0 Å². The average Bonchev–Trinajstić information content (AvgIpc) is 2.75. The van der Waals surface area contributed by atoms with Crippen LogP contribution in [-0.2, 0) is 33.7 Å². The number of aryl methyl sites for hydroxylation is 1. The van der Waals surface area contributed by atoms with E-state index in [2.05, 4.69) is 10.7 Å². The molecule has 2 aromatic rings. The summed E-state index contributed by atoms with van der Waals surface area (Å²) in [7, 11) is 0. The van der Waals surface area contributed by atoms with E-state index in [1.165, 1.54) is 0 Å². The van der Waals surface area contributed by atoms with Crippen LogP contribution in [0, 0.1) is 0 Å². The highest BCUT2D eigenvalue weighted by Gasteiger charge is 2.26. The minimum atomic E-state index is -0.889. The van der Waals surface area contributed by atoms with Gasteiger partial charge in [-0.1, -0.05) is 54.6 Å². The van der Waals surface area contributed by atoms with Gasteiger partial charge in [-0.25, -0.2) is 9.59 Å². The molecule has 2 rings (SSSR count). The van der Waals surface area contributed by atoms with Crippen molar-refractivity contribution in [2.45, 2.75) is 58.2 Å². The van der Waals surface area contributed by atoms with Crippen LogP contribution in [0.1, 0.15) is 43.9 Å². The Balaban J connectivity index is 1.90. The van der Waals surface area contributed by atoms with E-state index in [0.29, 0.717) is 13.0 Å². The predicted molar refractivity (Wildman–Crippen MR) is 121 cm³/mol. The fourth-order valence-electron chi connectivity index (χ4n) is 2.94. The number of hydrogen-bond acceptors (Lipinski definition) is 5. The summed E-state index contributed by atoms with van der Waals surface area (Å²) in [6, 6.07) is 16.2. The Morgan fingerprint density at radius 2 is 1.59 bits per heavy atom. The molecule has 0 radical (unpaired) electrons. The molecule has 0 fully saturated rings. The maximum Gasteiger partial charge on any atom is 0.408 e. The number of rotatable bonds is 8. The van der Waals surface area contributed by atoms with E-state index in [4.69, 9.17) is 10.5 Å². The van der Waals surface area contributed by atoms with Crippen molar-refractivity contribution in [3.05, 3.63) is 71.3 Å². The minimum Gasteiger partial charge on any atom is -0.444 e. The first-order chi connectivity index (χ1) is 15.2. The summed E-state index contributed by atoms with van der Waals surface area (Å²) >= 11 is 0. The maximum absolute atomic E-state index is 12.7. The van der Waals surface area contributed by atoms with Crippen LogP contribution in [0.15, 0.2) is 54.6 Å². The second-order valence-corrected chi connectivity index (χ2v) is 8.53. The Kier molecular flexibility index (Phi) is 9.37. The third-order valence-corrected chi connectivity index (χ3v) is 4.58. The second kappa shape index (κ2) is 12.0. The van der Waals surface area contributed by atoms with Crippen molar-refractivity contribution in [3.63, 3.8) is 0 Å². The molecule has 0 aliphatic carbocycles. The normalized spacial score (nSPS) is 12.0. The molecule has 2 aromatic carbocycles. The van der Waals surface area contributed by atoms with E-state index in [0.717, 1.165) is 22.1 Å². The van der Waals surface area contributed by atoms with Crippen LogP contribution in [0.2, 0.25) is 0 Å². The van der Waals surface area contributed by atoms with Gasteiger partial charge in [-0.15, -0.1) is 0 Å². The molecule has 0 saturated heterocycles. The first-order valence-corrected chi connectivity index (χ1v) is 10.6. The quantitative estimate of drug-likeness (QED) is 0.279. The Morgan fingerprint density at radius 3 is 2.19 bits per heavy atom. The Hall–Kier alpha value is -3.23. The van der Waals surface area contributed by atoms with Crippen molar-refractivity contribution < 1.29 is 24.5 Å². The average molecular weight is 442 g/mol. The van der Waals surface area contributed by atoms with Crippen molar-refractivity contribution in [3.8, 4) is 0 Å². The molecule has 32 heavy (non-hydrogen) atoms. The number of carbonyl (C=O) groups is 3. The fourth-order valence-corrected chi connectivity index (χ4v) is 2.94. The standard InChI is InChI=1S/C24H32N4O4/c1-24(2,3)32-23(31)26-20(15-18-7-5-4-6-8-18)22(30)28-27-21(29)14-13-17-9-11-19(16-25)12-10-17/h4-12,20H,13-16,25H2,1-3H3,(H,26,31)(H,27,29)(H,28,30)/p+1/t20-/m1/s1. The largest absolute Gasteiger partial charge is 0.444 e. The molecule has 3 amide bonds. The van der Waals surface area contributed by atoms with Gasteiger partial charge < -0.3 is 15.8 Å². The molecule has 0 unspecified atom stereocenters. The van der Waals surface area contributed by atoms with Crippen LogP contribution in [0.3, 0.4) is 0 Å². The number of quaternary nitrogens is 1. The topological polar surface area (TPSA) is 127 Å². The highest BCUT2D eigenvalue weighted by molar-refractivity contribution is 5.85. The van der Waals surface area contributed by atoms with Gasteiger partial charge in [-0.3, -0.25) is 4.79 Å². The number of carbonyl (C=O) groups excluding carboxylic acids is 3. The predicted octanol–water partition coefficient (Wildman–Crippen LogP) is 1.34. The summed E-state index contributed by atoms with van der Waals surface area (Å²) in [6.45, 7) is 5.71. The summed E-state index contributed by atoms with van der Waals surface area (Å²) in [5.74, 6) is -0.697. The lowest BCUT2D eigenvalue weighted by molar-refractivity contribution is -0.615. The van der Waals surface area contributed by atoms with Crippen molar-refractivity contribution in [2.24, 2.45) is 5.73 Å². The number of ether oxygens (including phenoxy) is 1. The summed E-state index contributed by atoms with van der Waals surface area (Å²) < 4.78 is 5.27. The van der Waals surface area contributed by atoms with Gasteiger partial charge in [0.25, 0.3) is 5.91 Å². The molecular weight excluding hydrogens is 408 g/mol. The van der Waals surface area contributed by atoms with Gasteiger partial charge in [0, 0.05) is 13.0 Å². The van der Waals surface area contributed by atoms with E-state index in [1.807, 2.05) is 54.6 Å². The third kappa shape index (κ3) is 9.28. The van der Waals surface area contributed by atoms with Gasteiger partial charge in [0.05, 0.1) is 6.42 Å². The van der Waals surface area contributed by atoms with Gasteiger partial charge in [-0.2, -0.15) is 10.9 Å². The number of nitrogens with two attached hydrogens (primary N) is 2. The molecule has 0 saturated carbocycles. The number of primary amides is 1. The SMILES string of the molecule is CC(C)(C)OC(=O)N[C@H](Cc1ccccc1)C(=O)N[NH2+]C(=O)CCc1ccc(CN)cc1. The monoisotopic (exact) mass is 441 g/mol. The molecule has 0 aliphatic heterocycles. The number of amides is 3. The Labute approximate surface area is 188 Å². The number of nitrogens with one attached hydrogen (secondary N) is 2. The van der Waals surface area contributed by atoms with Crippen molar-refractivity contribution >= 4 is 17.9 Å². The fraction of sp³-hybridized carbons (Fsp3) is 0.375. The van der Waals surface area contributed by atoms with E-state index >= 15 is 0 Å². The van der Waals surface area contributed by atoms with Gasteiger partial charge in [0.15, 0.2) is 0 Å². The first-order valence-electron chi connectivity index (χ1n) is 10.6. The van der Waals surface area contributed by atoms with Gasteiger partial charge in [0.2, 0.25) is 0 Å². The highest BCUT2D eigenvalue weighted by Crippen LogP contribution is 2.09. The maximum atomic E-state index is 12.7. The van der Waals surface area contributed by atoms with Gasteiger partial charge in [0.1, 0.15) is 11.6 Å². The molecule has 8 heteroatoms. The second-order valence-electron chi connectivity index (χ2n) is 8.53. The molecule has 172 valence electrons. The van der Waals surface area contributed by atoms with E-state index < -0.39 is 23.6 Å². The van der Waals surface area contributed by atoms with Crippen LogP contribution in [-0.4, -0.2) is 29.6 Å². The van der Waals surface area contributed by atoms with Crippen molar-refractivity contribution in [2.75, 3.05) is 0 Å². The molecule has 0 heterocycles. The van der Waals surface area contributed by atoms with E-state index in [1.54, 1.807) is 20.8 Å². The van der Waals surface area contributed by atoms with Crippen molar-refractivity contribution in [1.29, 1.82) is 0 Å². The molecule has 0 aliphatic rings. The highest BCUT2D eigenvalue weighted by atomic mass is 16.6.